The second-order valence-corrected chi connectivity index (χ2v) is 11.4. The Labute approximate surface area is 241 Å². The van der Waals surface area contributed by atoms with E-state index in [4.69, 9.17) is 10.8 Å². The summed E-state index contributed by atoms with van der Waals surface area (Å²) in [5, 5.41) is 21.3. The molecule has 6 aromatic carbocycles. The Bertz CT molecular complexity index is 2070. The third-order valence-corrected chi connectivity index (χ3v) is 7.92. The predicted molar refractivity (Wildman–Crippen MR) is 157 cm³/mol. The molecule has 0 unspecified atom stereocenters. The van der Waals surface area contributed by atoms with Gasteiger partial charge in [-0.3, -0.25) is 0 Å². The molecule has 42 heavy (non-hydrogen) atoms. The summed E-state index contributed by atoms with van der Waals surface area (Å²) in [7, 11) is -9.48. The summed E-state index contributed by atoms with van der Waals surface area (Å²) in [6.07, 6.45) is 0. The van der Waals surface area contributed by atoms with E-state index in [0.717, 1.165) is 33.7 Å². The summed E-state index contributed by atoms with van der Waals surface area (Å²) in [4.78, 5) is 5.30. The zero-order chi connectivity index (χ0) is 30.3. The normalized spacial score (nSPS) is 11.0. The first kappa shape index (κ1) is 29.7. The van der Waals surface area contributed by atoms with Crippen molar-refractivity contribution in [3.63, 3.8) is 0 Å². The van der Waals surface area contributed by atoms with Crippen LogP contribution in [0, 0.1) is 10.8 Å². The van der Waals surface area contributed by atoms with Crippen molar-refractivity contribution >= 4 is 63.9 Å². The summed E-state index contributed by atoms with van der Waals surface area (Å²) >= 11 is 0. The molecule has 0 aliphatic heterocycles. The van der Waals surface area contributed by atoms with Crippen molar-refractivity contribution in [1.82, 2.24) is 0 Å². The van der Waals surface area contributed by atoms with E-state index in [1.807, 2.05) is 72.8 Å². The van der Waals surface area contributed by atoms with Crippen LogP contribution < -0.4 is 0 Å². The smallest absolute Gasteiger partial charge is 0.392 e. The molecule has 0 aliphatic rings. The van der Waals surface area contributed by atoms with E-state index in [0.29, 0.717) is 11.4 Å². The summed E-state index contributed by atoms with van der Waals surface area (Å²) in [5.41, 5.74) is 1.24. The van der Waals surface area contributed by atoms with Crippen LogP contribution in [0.25, 0.3) is 42.3 Å². The maximum absolute atomic E-state index is 11.0. The molecule has 6 rings (SSSR count). The Morgan fingerprint density at radius 2 is 0.738 bits per heavy atom. The molecule has 0 aromatic heterocycles. The van der Waals surface area contributed by atoms with Crippen LogP contribution in [-0.4, -0.2) is 25.9 Å². The Morgan fingerprint density at radius 1 is 0.429 bits per heavy atom. The predicted octanol–water partition coefficient (Wildman–Crippen LogP) is 7.30. The Morgan fingerprint density at radius 3 is 1.10 bits per heavy atom. The van der Waals surface area contributed by atoms with Crippen LogP contribution in [0.15, 0.2) is 131 Å². The fourth-order valence-corrected chi connectivity index (χ4v) is 5.66. The fraction of sp³-hybridized carbons (Fsp3) is 0. The van der Waals surface area contributed by atoms with Crippen molar-refractivity contribution in [3.05, 3.63) is 131 Å². The minimum absolute atomic E-state index is 0.0792. The highest BCUT2D eigenvalue weighted by molar-refractivity contribution is 7.86. The monoisotopic (exact) mass is 596 g/mol. The molecule has 6 aromatic rings. The molecular formula is C30H20N4O6S2. The second kappa shape index (κ2) is 12.5. The molecule has 0 atom stereocenters. The largest absolute Gasteiger partial charge is 0.744 e. The molecule has 0 heterocycles. The molecule has 0 fully saturated rings. The zero-order valence-corrected chi connectivity index (χ0v) is 23.2. The van der Waals surface area contributed by atoms with Crippen molar-refractivity contribution in [2.24, 2.45) is 0 Å². The molecule has 10 nitrogen and oxygen atoms in total. The maximum Gasteiger partial charge on any atom is 0.392 e. The van der Waals surface area contributed by atoms with E-state index < -0.39 is 30.0 Å². The third-order valence-electron chi connectivity index (χ3n) is 6.13. The van der Waals surface area contributed by atoms with Gasteiger partial charge in [-0.2, -0.15) is 0 Å². The van der Waals surface area contributed by atoms with Crippen LogP contribution in [0.4, 0.5) is 11.4 Å². The fourth-order valence-electron chi connectivity index (χ4n) is 4.28. The number of hydrogen-bond acceptors (Lipinski definition) is 8. The van der Waals surface area contributed by atoms with Gasteiger partial charge in [0.2, 0.25) is 10.8 Å². The SMILES string of the molecule is N#[N+]c1cccc2ccccc12.N#[N+]c1cccc2ccccc12.O=S(=O)([O-])c1cccc2c(S(=O)(=O)[O-])cccc12. The van der Waals surface area contributed by atoms with E-state index in [9.17, 15) is 25.9 Å². The number of rotatable bonds is 2. The summed E-state index contributed by atoms with van der Waals surface area (Å²) < 4.78 is 66.1. The summed E-state index contributed by atoms with van der Waals surface area (Å²) in [5.74, 6) is 0. The molecule has 208 valence electrons. The van der Waals surface area contributed by atoms with Gasteiger partial charge in [-0.05, 0) is 35.0 Å². The van der Waals surface area contributed by atoms with Gasteiger partial charge in [0.05, 0.1) is 20.6 Å². The van der Waals surface area contributed by atoms with Crippen LogP contribution in [0.2, 0.25) is 0 Å². The molecular weight excluding hydrogens is 576 g/mol. The molecule has 12 heteroatoms. The number of hydrogen-bond donors (Lipinski definition) is 0. The standard InChI is InChI=1S/2C10H7N2.C10H8O6S2/c2*11-12-10-7-3-5-8-4-1-2-6-9(8)10;11-17(12,13)9-5-1-3-7-8(9)4-2-6-10(7)18(14,15)16/h2*1-7H;1-6H,(H,11,12,13)(H,14,15,16)/q2*+1;/p-2. The number of benzene rings is 6. The highest BCUT2D eigenvalue weighted by atomic mass is 32.2. The third kappa shape index (κ3) is 6.72. The van der Waals surface area contributed by atoms with Crippen molar-refractivity contribution in [2.75, 3.05) is 0 Å². The number of fused-ring (bicyclic) bond motifs is 3. The van der Waals surface area contributed by atoms with Gasteiger partial charge in [0, 0.05) is 22.9 Å². The van der Waals surface area contributed by atoms with Gasteiger partial charge in [-0.15, -0.1) is 0 Å². The lowest BCUT2D eigenvalue weighted by Crippen LogP contribution is -2.03. The highest BCUT2D eigenvalue weighted by Gasteiger charge is 2.12. The van der Waals surface area contributed by atoms with Gasteiger partial charge in [0.15, 0.2) is 9.95 Å². The highest BCUT2D eigenvalue weighted by Crippen LogP contribution is 2.28. The van der Waals surface area contributed by atoms with E-state index in [2.05, 4.69) is 9.95 Å². The molecule has 0 bridgehead atoms. The average molecular weight is 597 g/mol. The van der Waals surface area contributed by atoms with Gasteiger partial charge in [0.25, 0.3) is 0 Å². The molecule has 0 amide bonds. The van der Waals surface area contributed by atoms with Gasteiger partial charge in [0.1, 0.15) is 20.2 Å². The van der Waals surface area contributed by atoms with Crippen molar-refractivity contribution in [3.8, 4) is 0 Å². The summed E-state index contributed by atoms with van der Waals surface area (Å²) in [6.45, 7) is 0. The number of diazo groups is 2. The van der Waals surface area contributed by atoms with Gasteiger partial charge in [-0.1, -0.05) is 84.9 Å². The van der Waals surface area contributed by atoms with Crippen LogP contribution in [0.1, 0.15) is 0 Å². The molecule has 0 spiro atoms. The van der Waals surface area contributed by atoms with Crippen LogP contribution in [-0.2, 0) is 20.2 Å². The van der Waals surface area contributed by atoms with Crippen LogP contribution in [0.5, 0.6) is 0 Å². The molecule has 0 saturated carbocycles. The van der Waals surface area contributed by atoms with Crippen molar-refractivity contribution in [1.29, 1.82) is 10.8 Å². The lowest BCUT2D eigenvalue weighted by Gasteiger charge is -2.14. The molecule has 0 aliphatic carbocycles. The first-order chi connectivity index (χ1) is 20.0. The minimum Gasteiger partial charge on any atom is -0.744 e. The zero-order valence-electron chi connectivity index (χ0n) is 21.6. The van der Waals surface area contributed by atoms with Gasteiger partial charge < -0.3 is 9.11 Å². The van der Waals surface area contributed by atoms with E-state index in [1.165, 1.54) is 24.3 Å². The Hall–Kier alpha value is -5.24. The lowest BCUT2D eigenvalue weighted by atomic mass is 10.1. The second-order valence-electron chi connectivity index (χ2n) is 8.71. The topological polar surface area (TPSA) is 171 Å². The Kier molecular flexibility index (Phi) is 8.86. The summed E-state index contributed by atoms with van der Waals surface area (Å²) in [6, 6.07) is 34.0. The van der Waals surface area contributed by atoms with E-state index in [-0.39, 0.29) is 10.8 Å². The van der Waals surface area contributed by atoms with Gasteiger partial charge in [-0.25, -0.2) is 16.8 Å². The van der Waals surface area contributed by atoms with E-state index >= 15 is 0 Å². The maximum atomic E-state index is 11.0. The van der Waals surface area contributed by atoms with Crippen molar-refractivity contribution < 1.29 is 25.9 Å². The Balaban J connectivity index is 0.000000149. The molecule has 0 radical (unpaired) electrons. The van der Waals surface area contributed by atoms with E-state index in [1.54, 1.807) is 12.1 Å². The average Bonchev–Trinajstić information content (AvgIpc) is 2.99. The molecule has 0 N–H and O–H groups in total. The number of nitrogens with zero attached hydrogens (tertiary/aromatic N) is 4. The van der Waals surface area contributed by atoms with Crippen LogP contribution >= 0.6 is 0 Å². The van der Waals surface area contributed by atoms with Crippen LogP contribution in [0.3, 0.4) is 0 Å². The minimum atomic E-state index is -4.74. The first-order valence-electron chi connectivity index (χ1n) is 12.1. The quantitative estimate of drug-likeness (QED) is 0.148. The molecule has 0 saturated heterocycles. The van der Waals surface area contributed by atoms with Gasteiger partial charge >= 0.3 is 11.4 Å². The van der Waals surface area contributed by atoms with Crippen molar-refractivity contribution in [2.45, 2.75) is 9.79 Å². The first-order valence-corrected chi connectivity index (χ1v) is 15.0. The lowest BCUT2D eigenvalue weighted by molar-refractivity contribution is 0.461.